The van der Waals surface area contributed by atoms with E-state index in [0.717, 1.165) is 40.5 Å². The first-order valence-electron chi connectivity index (χ1n) is 11.3. The number of amidine groups is 1. The van der Waals surface area contributed by atoms with Crippen LogP contribution in [0.4, 0.5) is 5.95 Å². The average Bonchev–Trinajstić information content (AvgIpc) is 2.81. The molecule has 4 N–H and O–H groups in total. The van der Waals surface area contributed by atoms with E-state index in [-0.39, 0.29) is 30.5 Å². The van der Waals surface area contributed by atoms with Gasteiger partial charge in [-0.1, -0.05) is 30.7 Å². The summed E-state index contributed by atoms with van der Waals surface area (Å²) in [6.07, 6.45) is 7.14. The first-order chi connectivity index (χ1) is 16.8. The first-order valence-corrected chi connectivity index (χ1v) is 11.3. The summed E-state index contributed by atoms with van der Waals surface area (Å²) >= 11 is 0. The van der Waals surface area contributed by atoms with Gasteiger partial charge in [-0.15, -0.1) is 0 Å². The van der Waals surface area contributed by atoms with Crippen molar-refractivity contribution < 1.29 is 14.3 Å². The molecule has 10 heteroatoms. The minimum atomic E-state index is -0.743. The van der Waals surface area contributed by atoms with E-state index in [1.807, 2.05) is 24.3 Å². The Bertz CT molecular complexity index is 1330. The van der Waals surface area contributed by atoms with Crippen molar-refractivity contribution in [1.29, 1.82) is 0 Å². The van der Waals surface area contributed by atoms with E-state index in [2.05, 4.69) is 15.0 Å². The number of nitrogens with two attached hydrogens (primary N) is 2. The van der Waals surface area contributed by atoms with Gasteiger partial charge in [0.1, 0.15) is 17.9 Å². The van der Waals surface area contributed by atoms with Gasteiger partial charge in [0, 0.05) is 24.2 Å². The van der Waals surface area contributed by atoms with Crippen LogP contribution >= 0.6 is 0 Å². The van der Waals surface area contributed by atoms with Gasteiger partial charge in [0.15, 0.2) is 0 Å². The number of carbonyl (C=O) groups excluding carboxylic acids is 2. The van der Waals surface area contributed by atoms with Crippen LogP contribution in [-0.2, 0) is 21.5 Å². The van der Waals surface area contributed by atoms with Gasteiger partial charge in [0.2, 0.25) is 5.95 Å². The van der Waals surface area contributed by atoms with Crippen LogP contribution < -0.4 is 17.0 Å². The fourth-order valence-electron chi connectivity index (χ4n) is 4.14. The molecule has 0 bridgehead atoms. The number of carbonyl (C=O) groups is 2. The van der Waals surface area contributed by atoms with Gasteiger partial charge < -0.3 is 20.8 Å². The normalized spacial score (nSPS) is 14.7. The number of nitrogens with zero attached hydrogens (tertiary/aromatic N) is 4. The number of benzene rings is 1. The Hall–Kier alpha value is -4.34. The fourth-order valence-corrected chi connectivity index (χ4v) is 4.14. The van der Waals surface area contributed by atoms with Crippen LogP contribution in [0.15, 0.2) is 64.8 Å². The second-order valence-corrected chi connectivity index (χ2v) is 8.31. The van der Waals surface area contributed by atoms with Crippen LogP contribution in [0.1, 0.15) is 42.1 Å². The Balaban J connectivity index is 1.58. The van der Waals surface area contributed by atoms with Crippen LogP contribution in [0.25, 0.3) is 11.1 Å². The molecule has 1 fully saturated rings. The molecular formula is C25H26N6O4. The summed E-state index contributed by atoms with van der Waals surface area (Å²) in [5, 5.41) is 0. The molecule has 0 saturated heterocycles. The number of nitrogen functional groups attached to an aromatic ring is 1. The minimum Gasteiger partial charge on any atom is -0.465 e. The molecule has 180 valence electrons. The Labute approximate surface area is 201 Å². The molecule has 35 heavy (non-hydrogen) atoms. The number of anilines is 1. The predicted molar refractivity (Wildman–Crippen MR) is 131 cm³/mol. The standard InChI is InChI=1S/C25H26N6O4/c1-2-35-20(32)15-31-12-3-5-19(22(31)34)21(33)30-23(26)25(10-4-11-25)18-8-6-16(7-9-18)17-13-28-24(27)29-14-17/h3,5-9,12-14H,2,4,10-11,15H2,1H3,(H2,26,30,33)(H2,27,28,29). The minimum absolute atomic E-state index is 0.159. The highest BCUT2D eigenvalue weighted by Crippen LogP contribution is 2.44. The van der Waals surface area contributed by atoms with Crippen molar-refractivity contribution in [1.82, 2.24) is 14.5 Å². The molecule has 1 amide bonds. The maximum atomic E-state index is 12.9. The fraction of sp³-hybridized carbons (Fsp3) is 0.280. The van der Waals surface area contributed by atoms with Crippen molar-refractivity contribution in [2.45, 2.75) is 38.1 Å². The highest BCUT2D eigenvalue weighted by Gasteiger charge is 2.43. The predicted octanol–water partition coefficient (Wildman–Crippen LogP) is 2.07. The molecule has 3 aromatic rings. The highest BCUT2D eigenvalue weighted by atomic mass is 16.5. The van der Waals surface area contributed by atoms with Crippen molar-refractivity contribution in [3.63, 3.8) is 0 Å². The van der Waals surface area contributed by atoms with Gasteiger partial charge in [0.25, 0.3) is 11.5 Å². The van der Waals surface area contributed by atoms with Gasteiger partial charge in [0.05, 0.1) is 12.0 Å². The average molecular weight is 475 g/mol. The summed E-state index contributed by atoms with van der Waals surface area (Å²) in [4.78, 5) is 49.6. The largest absolute Gasteiger partial charge is 0.465 e. The summed E-state index contributed by atoms with van der Waals surface area (Å²) < 4.78 is 6.00. The zero-order valence-electron chi connectivity index (χ0n) is 19.3. The molecule has 10 nitrogen and oxygen atoms in total. The number of amides is 1. The molecule has 1 aliphatic rings. The van der Waals surface area contributed by atoms with Gasteiger partial charge in [-0.25, -0.2) is 9.97 Å². The maximum absolute atomic E-state index is 12.9. The lowest BCUT2D eigenvalue weighted by molar-refractivity contribution is -0.143. The Morgan fingerprint density at radius 1 is 1.11 bits per heavy atom. The van der Waals surface area contributed by atoms with Gasteiger partial charge in [-0.05, 0) is 43.0 Å². The van der Waals surface area contributed by atoms with E-state index in [9.17, 15) is 14.4 Å². The lowest BCUT2D eigenvalue weighted by Gasteiger charge is -2.41. The third-order valence-corrected chi connectivity index (χ3v) is 6.22. The van der Waals surface area contributed by atoms with Crippen molar-refractivity contribution in [2.24, 2.45) is 10.7 Å². The van der Waals surface area contributed by atoms with Gasteiger partial charge >= 0.3 is 5.97 Å². The number of esters is 1. The molecule has 2 heterocycles. The van der Waals surface area contributed by atoms with E-state index < -0.39 is 22.9 Å². The van der Waals surface area contributed by atoms with E-state index >= 15 is 0 Å². The molecule has 0 unspecified atom stereocenters. The smallest absolute Gasteiger partial charge is 0.326 e. The third kappa shape index (κ3) is 4.81. The number of aromatic nitrogens is 3. The van der Waals surface area contributed by atoms with Crippen LogP contribution in [0.2, 0.25) is 0 Å². The topological polar surface area (TPSA) is 156 Å². The number of hydrogen-bond donors (Lipinski definition) is 2. The lowest BCUT2D eigenvalue weighted by Crippen LogP contribution is -2.47. The second-order valence-electron chi connectivity index (χ2n) is 8.31. The number of hydrogen-bond acceptors (Lipinski definition) is 7. The summed E-state index contributed by atoms with van der Waals surface area (Å²) in [7, 11) is 0. The van der Waals surface area contributed by atoms with Crippen LogP contribution in [0.5, 0.6) is 0 Å². The first kappa shape index (κ1) is 23.8. The third-order valence-electron chi connectivity index (χ3n) is 6.22. The van der Waals surface area contributed by atoms with Crippen molar-refractivity contribution >= 4 is 23.7 Å². The van der Waals surface area contributed by atoms with Crippen molar-refractivity contribution in [3.8, 4) is 11.1 Å². The second kappa shape index (κ2) is 9.88. The summed E-state index contributed by atoms with van der Waals surface area (Å²) in [5.74, 6) is -0.937. The molecule has 2 aromatic heterocycles. The summed E-state index contributed by atoms with van der Waals surface area (Å²) in [5.41, 5.74) is 13.2. The summed E-state index contributed by atoms with van der Waals surface area (Å²) in [6.45, 7) is 1.58. The molecule has 0 atom stereocenters. The van der Waals surface area contributed by atoms with Crippen LogP contribution in [0.3, 0.4) is 0 Å². The van der Waals surface area contributed by atoms with E-state index in [4.69, 9.17) is 16.2 Å². The molecule has 0 aliphatic heterocycles. The number of aliphatic imine (C=N–C) groups is 1. The van der Waals surface area contributed by atoms with Crippen LogP contribution in [0, 0.1) is 0 Å². The zero-order chi connectivity index (χ0) is 25.0. The van der Waals surface area contributed by atoms with E-state index in [1.165, 1.54) is 18.3 Å². The SMILES string of the molecule is CCOC(=O)Cn1cccc(C(=O)N=C(N)C2(c3ccc(-c4cnc(N)nc4)cc3)CCC2)c1=O. The number of pyridine rings is 1. The monoisotopic (exact) mass is 474 g/mol. The van der Waals surface area contributed by atoms with Crippen molar-refractivity contribution in [2.75, 3.05) is 12.3 Å². The molecule has 0 spiro atoms. The maximum Gasteiger partial charge on any atom is 0.326 e. The lowest BCUT2D eigenvalue weighted by atomic mass is 9.63. The quantitative estimate of drug-likeness (QED) is 0.299. The Morgan fingerprint density at radius 3 is 2.40 bits per heavy atom. The molecule has 1 aromatic carbocycles. The van der Waals surface area contributed by atoms with E-state index in [0.29, 0.717) is 0 Å². The zero-order valence-corrected chi connectivity index (χ0v) is 19.3. The molecular weight excluding hydrogens is 448 g/mol. The Morgan fingerprint density at radius 2 is 1.80 bits per heavy atom. The highest BCUT2D eigenvalue weighted by molar-refractivity contribution is 6.06. The van der Waals surface area contributed by atoms with Gasteiger partial charge in [-0.2, -0.15) is 4.99 Å². The molecule has 1 saturated carbocycles. The number of rotatable bonds is 7. The van der Waals surface area contributed by atoms with E-state index in [1.54, 1.807) is 19.3 Å². The van der Waals surface area contributed by atoms with Crippen molar-refractivity contribution in [3.05, 3.63) is 76.5 Å². The summed E-state index contributed by atoms with van der Waals surface area (Å²) in [6, 6.07) is 10.7. The van der Waals surface area contributed by atoms with Crippen LogP contribution in [-0.4, -0.2) is 38.9 Å². The molecule has 1 aliphatic carbocycles. The van der Waals surface area contributed by atoms with Gasteiger partial charge in [-0.3, -0.25) is 14.4 Å². The number of ether oxygens (including phenoxy) is 1. The molecule has 0 radical (unpaired) electrons. The molecule has 4 rings (SSSR count). The Kier molecular flexibility index (Phi) is 6.72.